The van der Waals surface area contributed by atoms with Crippen molar-refractivity contribution in [3.05, 3.63) is 72.8 Å². The SMILES string of the molecule is Cn1cc(-c2cn(S(=O)(=O)c3ccccc3)c3ncc(C4=CC5CC(=O)CC(C4)C5)cc23)cn1. The molecule has 3 heterocycles. The molecule has 7 nitrogen and oxygen atoms in total. The first-order valence-corrected chi connectivity index (χ1v) is 12.9. The minimum atomic E-state index is -3.83. The van der Waals surface area contributed by atoms with Crippen LogP contribution in [0.1, 0.15) is 31.2 Å². The third kappa shape index (κ3) is 3.49. The number of carbonyl (C=O) groups is 1. The first-order chi connectivity index (χ1) is 16.4. The van der Waals surface area contributed by atoms with Gasteiger partial charge in [0.2, 0.25) is 0 Å². The van der Waals surface area contributed by atoms with Crippen molar-refractivity contribution in [2.24, 2.45) is 18.9 Å². The van der Waals surface area contributed by atoms with Gasteiger partial charge in [-0.2, -0.15) is 5.10 Å². The van der Waals surface area contributed by atoms with Crippen LogP contribution in [0.25, 0.3) is 27.7 Å². The molecule has 172 valence electrons. The van der Waals surface area contributed by atoms with Crippen LogP contribution in [0, 0.1) is 11.8 Å². The molecule has 2 bridgehead atoms. The zero-order chi connectivity index (χ0) is 23.4. The van der Waals surface area contributed by atoms with E-state index in [9.17, 15) is 13.2 Å². The minimum Gasteiger partial charge on any atom is -0.300 e. The van der Waals surface area contributed by atoms with Crippen molar-refractivity contribution < 1.29 is 13.2 Å². The lowest BCUT2D eigenvalue weighted by Gasteiger charge is -2.32. The molecule has 6 rings (SSSR count). The minimum absolute atomic E-state index is 0.211. The summed E-state index contributed by atoms with van der Waals surface area (Å²) in [5, 5.41) is 5.04. The van der Waals surface area contributed by atoms with E-state index in [1.54, 1.807) is 53.6 Å². The highest BCUT2D eigenvalue weighted by atomic mass is 32.2. The summed E-state index contributed by atoms with van der Waals surface area (Å²) in [7, 11) is -1.99. The quantitative estimate of drug-likeness (QED) is 0.438. The molecule has 2 unspecified atom stereocenters. The van der Waals surface area contributed by atoms with E-state index in [0.29, 0.717) is 30.2 Å². The van der Waals surface area contributed by atoms with E-state index in [4.69, 9.17) is 0 Å². The Kier molecular flexibility index (Phi) is 4.81. The van der Waals surface area contributed by atoms with Crippen molar-refractivity contribution in [3.8, 4) is 11.1 Å². The van der Waals surface area contributed by atoms with Gasteiger partial charge in [0.25, 0.3) is 10.0 Å². The first kappa shape index (κ1) is 21.0. The lowest BCUT2D eigenvalue weighted by Crippen LogP contribution is -2.25. The second kappa shape index (κ2) is 7.77. The molecule has 0 radical (unpaired) electrons. The number of carbonyl (C=O) groups excluding carboxylic acids is 1. The monoisotopic (exact) mass is 472 g/mol. The Labute approximate surface area is 197 Å². The highest BCUT2D eigenvalue weighted by Crippen LogP contribution is 2.42. The lowest BCUT2D eigenvalue weighted by molar-refractivity contribution is -0.122. The summed E-state index contributed by atoms with van der Waals surface area (Å²) in [5.41, 5.74) is 4.16. The second-order valence-electron chi connectivity index (χ2n) is 9.36. The number of aromatic nitrogens is 4. The highest BCUT2D eigenvalue weighted by Gasteiger charge is 2.31. The number of ketones is 1. The highest BCUT2D eigenvalue weighted by molar-refractivity contribution is 7.90. The number of benzene rings is 1. The zero-order valence-corrected chi connectivity index (χ0v) is 19.6. The number of allylic oxidation sites excluding steroid dienone is 2. The van der Waals surface area contributed by atoms with Gasteiger partial charge in [-0.25, -0.2) is 17.4 Å². The van der Waals surface area contributed by atoms with E-state index in [-0.39, 0.29) is 10.8 Å². The Bertz CT molecular complexity index is 1560. The van der Waals surface area contributed by atoms with Crippen molar-refractivity contribution in [2.45, 2.75) is 30.6 Å². The van der Waals surface area contributed by atoms with Crippen molar-refractivity contribution in [2.75, 3.05) is 0 Å². The standard InChI is InChI=1S/C26H24N4O3S/c1-29-15-21(14-28-29)25-16-30(34(32,33)23-5-3-2-4-6-23)26-24(25)12-20(13-27-26)19-8-17-7-18(9-19)11-22(31)10-17/h2-6,8,12-18H,7,9-11H2,1H3. The van der Waals surface area contributed by atoms with Crippen LogP contribution in [0.4, 0.5) is 0 Å². The predicted octanol–water partition coefficient (Wildman–Crippen LogP) is 4.45. The summed E-state index contributed by atoms with van der Waals surface area (Å²) in [6, 6.07) is 10.4. The topological polar surface area (TPSA) is 86.9 Å². The van der Waals surface area contributed by atoms with Crippen molar-refractivity contribution in [1.29, 1.82) is 0 Å². The first-order valence-electron chi connectivity index (χ1n) is 11.4. The van der Waals surface area contributed by atoms with Crippen LogP contribution in [0.15, 0.2) is 72.2 Å². The third-order valence-corrected chi connectivity index (χ3v) is 8.55. The van der Waals surface area contributed by atoms with E-state index in [0.717, 1.165) is 34.9 Å². The van der Waals surface area contributed by atoms with Gasteiger partial charge < -0.3 is 0 Å². The van der Waals surface area contributed by atoms with Crippen LogP contribution in [0.2, 0.25) is 0 Å². The number of hydrogen-bond acceptors (Lipinski definition) is 5. The molecule has 1 fully saturated rings. The van der Waals surface area contributed by atoms with Crippen LogP contribution in [0.5, 0.6) is 0 Å². The van der Waals surface area contributed by atoms with E-state index >= 15 is 0 Å². The molecular weight excluding hydrogens is 448 g/mol. The summed E-state index contributed by atoms with van der Waals surface area (Å²) in [5.74, 6) is 1.02. The van der Waals surface area contributed by atoms with E-state index in [2.05, 4.69) is 16.2 Å². The number of hydrogen-bond donors (Lipinski definition) is 0. The number of rotatable bonds is 4. The third-order valence-electron chi connectivity index (χ3n) is 6.89. The van der Waals surface area contributed by atoms with E-state index in [1.807, 2.05) is 19.3 Å². The lowest BCUT2D eigenvalue weighted by atomic mass is 9.72. The number of pyridine rings is 1. The van der Waals surface area contributed by atoms with Gasteiger partial charge in [-0.05, 0) is 54.0 Å². The fourth-order valence-corrected chi connectivity index (χ4v) is 6.73. The van der Waals surface area contributed by atoms with Crippen LogP contribution < -0.4 is 0 Å². The molecule has 1 saturated carbocycles. The summed E-state index contributed by atoms with van der Waals surface area (Å²) < 4.78 is 30.0. The Morgan fingerprint density at radius 1 is 1.00 bits per heavy atom. The number of aryl methyl sites for hydroxylation is 1. The summed E-state index contributed by atoms with van der Waals surface area (Å²) in [6.45, 7) is 0. The Morgan fingerprint density at radius 2 is 1.82 bits per heavy atom. The Morgan fingerprint density at radius 3 is 2.56 bits per heavy atom. The van der Waals surface area contributed by atoms with Gasteiger partial charge in [-0.3, -0.25) is 9.48 Å². The van der Waals surface area contributed by atoms with Gasteiger partial charge in [0.1, 0.15) is 5.78 Å². The average molecular weight is 473 g/mol. The van der Waals surface area contributed by atoms with Crippen LogP contribution in [0.3, 0.4) is 0 Å². The van der Waals surface area contributed by atoms with Crippen molar-refractivity contribution in [1.82, 2.24) is 18.7 Å². The largest absolute Gasteiger partial charge is 0.300 e. The molecular formula is C26H24N4O3S. The average Bonchev–Trinajstić information content (AvgIpc) is 3.42. The molecule has 0 N–H and O–H groups in total. The molecule has 4 aromatic rings. The van der Waals surface area contributed by atoms with Crippen LogP contribution in [-0.4, -0.2) is 32.9 Å². The van der Waals surface area contributed by atoms with Gasteiger partial charge in [0.05, 0.1) is 11.1 Å². The van der Waals surface area contributed by atoms with Crippen LogP contribution in [-0.2, 0) is 21.9 Å². The maximum atomic E-state index is 13.5. The van der Waals surface area contributed by atoms with Gasteiger partial charge in [0.15, 0.2) is 5.65 Å². The summed E-state index contributed by atoms with van der Waals surface area (Å²) >= 11 is 0. The van der Waals surface area contributed by atoms with E-state index < -0.39 is 10.0 Å². The zero-order valence-electron chi connectivity index (χ0n) is 18.8. The van der Waals surface area contributed by atoms with Crippen LogP contribution >= 0.6 is 0 Å². The predicted molar refractivity (Wildman–Crippen MR) is 129 cm³/mol. The molecule has 2 atom stereocenters. The van der Waals surface area contributed by atoms with Gasteiger partial charge in [-0.15, -0.1) is 0 Å². The smallest absolute Gasteiger partial charge is 0.269 e. The van der Waals surface area contributed by atoms with Gasteiger partial charge in [0, 0.05) is 55.0 Å². The molecule has 8 heteroatoms. The summed E-state index contributed by atoms with van der Waals surface area (Å²) in [4.78, 5) is 16.9. The summed E-state index contributed by atoms with van der Waals surface area (Å²) in [6.07, 6.45) is 12.4. The van der Waals surface area contributed by atoms with Crippen molar-refractivity contribution in [3.63, 3.8) is 0 Å². The second-order valence-corrected chi connectivity index (χ2v) is 11.2. The Balaban J connectivity index is 1.53. The molecule has 0 saturated heterocycles. The molecule has 2 aliphatic rings. The van der Waals surface area contributed by atoms with Crippen molar-refractivity contribution >= 4 is 32.4 Å². The molecule has 1 aromatic carbocycles. The number of nitrogens with zero attached hydrogens (tertiary/aromatic N) is 4. The fraction of sp³-hybridized carbons (Fsp3) is 0.269. The Hall–Kier alpha value is -3.52. The molecule has 0 spiro atoms. The maximum absolute atomic E-state index is 13.5. The molecule has 2 aliphatic carbocycles. The van der Waals surface area contributed by atoms with Gasteiger partial charge in [-0.1, -0.05) is 24.3 Å². The fourth-order valence-electron chi connectivity index (χ4n) is 5.39. The molecule has 3 aromatic heterocycles. The maximum Gasteiger partial charge on any atom is 0.269 e. The van der Waals surface area contributed by atoms with Gasteiger partial charge >= 0.3 is 0 Å². The molecule has 0 amide bonds. The number of fused-ring (bicyclic) bond motifs is 3. The molecule has 0 aliphatic heterocycles. The normalized spacial score (nSPS) is 20.5. The number of Topliss-reactive ketones (excluding diaryl/α,β-unsaturated/α-hetero) is 1. The van der Waals surface area contributed by atoms with E-state index in [1.165, 1.54) is 9.55 Å². The molecule has 34 heavy (non-hydrogen) atoms.